The van der Waals surface area contributed by atoms with Crippen LogP contribution in [0.5, 0.6) is 0 Å². The molecule has 2 nitrogen and oxygen atoms in total. The molecule has 0 aliphatic carbocycles. The van der Waals surface area contributed by atoms with Gasteiger partial charge in [0.1, 0.15) is 0 Å². The average molecular weight is 413 g/mol. The van der Waals surface area contributed by atoms with Gasteiger partial charge in [-0.1, -0.05) is 73.8 Å². The lowest BCUT2D eigenvalue weighted by Gasteiger charge is -2.22. The molecule has 0 bridgehead atoms. The normalized spacial score (nSPS) is 14.6. The molecule has 2 heteroatoms. The van der Waals surface area contributed by atoms with Crippen LogP contribution in [0.25, 0.3) is 11.1 Å². The number of hydrogen-bond donors (Lipinski definition) is 0. The van der Waals surface area contributed by atoms with E-state index in [1.807, 2.05) is 0 Å². The highest BCUT2D eigenvalue weighted by atomic mass is 15.2. The molecule has 0 saturated heterocycles. The largest absolute Gasteiger partial charge is 0.314 e. The zero-order valence-corrected chi connectivity index (χ0v) is 18.0. The van der Waals surface area contributed by atoms with Gasteiger partial charge in [0.05, 0.1) is 0 Å². The second-order valence-corrected chi connectivity index (χ2v) is 8.51. The van der Waals surface area contributed by atoms with Crippen molar-refractivity contribution in [3.05, 3.63) is 133 Å². The lowest BCUT2D eigenvalue weighted by Crippen LogP contribution is -2.10. The van der Waals surface area contributed by atoms with Gasteiger partial charge in [0.2, 0.25) is 0 Å². The Bertz CT molecular complexity index is 1240. The molecule has 2 aliphatic heterocycles. The maximum absolute atomic E-state index is 4.29. The van der Waals surface area contributed by atoms with Gasteiger partial charge in [0.25, 0.3) is 0 Å². The summed E-state index contributed by atoms with van der Waals surface area (Å²) < 4.78 is 0. The van der Waals surface area contributed by atoms with Gasteiger partial charge in [-0.15, -0.1) is 0 Å². The van der Waals surface area contributed by atoms with Gasteiger partial charge in [-0.3, -0.25) is 0 Å². The maximum Gasteiger partial charge on any atom is 0.0494 e. The molecule has 0 atom stereocenters. The summed E-state index contributed by atoms with van der Waals surface area (Å²) in [5, 5.41) is 0. The maximum atomic E-state index is 4.29. The first-order chi connectivity index (χ1) is 15.7. The van der Waals surface area contributed by atoms with Gasteiger partial charge in [0.15, 0.2) is 0 Å². The van der Waals surface area contributed by atoms with E-state index < -0.39 is 0 Å². The highest BCUT2D eigenvalue weighted by Crippen LogP contribution is 2.41. The highest BCUT2D eigenvalue weighted by molar-refractivity contribution is 5.79. The lowest BCUT2D eigenvalue weighted by molar-refractivity contribution is 1.16. The molecule has 0 spiro atoms. The molecule has 0 unspecified atom stereocenters. The molecule has 0 radical (unpaired) electrons. The van der Waals surface area contributed by atoms with E-state index in [2.05, 4.69) is 120 Å². The SMILES string of the molecule is C=C1Cc2ccccc2N1c1ccc(-c2ccc(N3C(=C)Cc4ccccc43)cc2)cc1. The summed E-state index contributed by atoms with van der Waals surface area (Å²) >= 11 is 0. The van der Waals surface area contributed by atoms with Crippen molar-refractivity contribution >= 4 is 22.7 Å². The minimum absolute atomic E-state index is 0.907. The standard InChI is InChI=1S/C30H24N2/c1-21-19-25-7-3-5-9-29(25)31(21)27-15-11-23(12-16-27)24-13-17-28(18-14-24)32-22(2)20-26-8-4-6-10-30(26)32/h3-18H,1-2,19-20H2. The third-order valence-corrected chi connectivity index (χ3v) is 6.47. The Morgan fingerprint density at radius 2 is 0.844 bits per heavy atom. The van der Waals surface area contributed by atoms with Crippen molar-refractivity contribution in [2.24, 2.45) is 0 Å². The number of anilines is 4. The molecule has 0 fully saturated rings. The number of allylic oxidation sites excluding steroid dienone is 2. The van der Waals surface area contributed by atoms with Gasteiger partial charge >= 0.3 is 0 Å². The van der Waals surface area contributed by atoms with Gasteiger partial charge in [0, 0.05) is 47.0 Å². The summed E-state index contributed by atoms with van der Waals surface area (Å²) in [6, 6.07) is 34.6. The summed E-state index contributed by atoms with van der Waals surface area (Å²) in [5.41, 5.74) is 12.1. The van der Waals surface area contributed by atoms with Crippen molar-refractivity contribution in [3.63, 3.8) is 0 Å². The van der Waals surface area contributed by atoms with Gasteiger partial charge in [-0.05, 0) is 58.7 Å². The van der Waals surface area contributed by atoms with Crippen molar-refractivity contribution in [2.75, 3.05) is 9.80 Å². The Hall–Kier alpha value is -4.04. The van der Waals surface area contributed by atoms with Gasteiger partial charge in [-0.2, -0.15) is 0 Å². The number of fused-ring (bicyclic) bond motifs is 2. The average Bonchev–Trinajstić information content (AvgIpc) is 3.34. The van der Waals surface area contributed by atoms with Crippen molar-refractivity contribution in [3.8, 4) is 11.1 Å². The highest BCUT2D eigenvalue weighted by Gasteiger charge is 2.24. The number of benzene rings is 4. The Morgan fingerprint density at radius 1 is 0.469 bits per heavy atom. The summed E-state index contributed by atoms with van der Waals surface area (Å²) in [6.07, 6.45) is 1.81. The minimum atomic E-state index is 0.907. The van der Waals surface area contributed by atoms with Crippen molar-refractivity contribution in [1.82, 2.24) is 0 Å². The molecular weight excluding hydrogens is 388 g/mol. The fourth-order valence-electron chi connectivity index (χ4n) is 4.94. The third kappa shape index (κ3) is 2.96. The fourth-order valence-corrected chi connectivity index (χ4v) is 4.94. The van der Waals surface area contributed by atoms with E-state index in [4.69, 9.17) is 0 Å². The van der Waals surface area contributed by atoms with E-state index in [9.17, 15) is 0 Å². The summed E-state index contributed by atoms with van der Waals surface area (Å²) in [4.78, 5) is 4.53. The van der Waals surface area contributed by atoms with E-state index in [1.54, 1.807) is 0 Å². The molecule has 154 valence electrons. The summed E-state index contributed by atoms with van der Waals surface area (Å²) in [6.45, 7) is 8.58. The van der Waals surface area contributed by atoms with E-state index in [1.165, 1.54) is 33.6 Å². The van der Waals surface area contributed by atoms with Crippen LogP contribution in [0.3, 0.4) is 0 Å². The lowest BCUT2D eigenvalue weighted by atomic mass is 10.0. The van der Waals surface area contributed by atoms with E-state index >= 15 is 0 Å². The van der Waals surface area contributed by atoms with Crippen molar-refractivity contribution < 1.29 is 0 Å². The topological polar surface area (TPSA) is 6.48 Å². The number of nitrogens with zero attached hydrogens (tertiary/aromatic N) is 2. The molecule has 2 aliphatic rings. The molecule has 32 heavy (non-hydrogen) atoms. The molecule has 4 aromatic rings. The molecule has 6 rings (SSSR count). The van der Waals surface area contributed by atoms with Crippen LogP contribution in [-0.2, 0) is 12.8 Å². The first-order valence-corrected chi connectivity index (χ1v) is 11.0. The Morgan fingerprint density at radius 3 is 1.25 bits per heavy atom. The van der Waals surface area contributed by atoms with Gasteiger partial charge < -0.3 is 9.80 Å². The number of rotatable bonds is 3. The molecular formula is C30H24N2. The summed E-state index contributed by atoms with van der Waals surface area (Å²) in [5.74, 6) is 0. The fraction of sp³-hybridized carbons (Fsp3) is 0.0667. The van der Waals surface area contributed by atoms with Crippen LogP contribution < -0.4 is 9.80 Å². The van der Waals surface area contributed by atoms with Crippen molar-refractivity contribution in [1.29, 1.82) is 0 Å². The van der Waals surface area contributed by atoms with Crippen molar-refractivity contribution in [2.45, 2.75) is 12.8 Å². The Kier molecular flexibility index (Phi) is 4.26. The third-order valence-electron chi connectivity index (χ3n) is 6.47. The molecule has 0 N–H and O–H groups in total. The Balaban J connectivity index is 1.27. The van der Waals surface area contributed by atoms with E-state index in [0.29, 0.717) is 0 Å². The zero-order valence-electron chi connectivity index (χ0n) is 18.0. The molecule has 4 aromatic carbocycles. The van der Waals surface area contributed by atoms with Gasteiger partial charge in [-0.25, -0.2) is 0 Å². The number of para-hydroxylation sites is 2. The molecule has 2 heterocycles. The second kappa shape index (κ2) is 7.28. The van der Waals surface area contributed by atoms with Crippen LogP contribution in [0.15, 0.2) is 122 Å². The van der Waals surface area contributed by atoms with Crippen LogP contribution in [-0.4, -0.2) is 0 Å². The second-order valence-electron chi connectivity index (χ2n) is 8.51. The first kappa shape index (κ1) is 18.7. The molecule has 0 saturated carbocycles. The summed E-state index contributed by atoms with van der Waals surface area (Å²) in [7, 11) is 0. The minimum Gasteiger partial charge on any atom is -0.314 e. The van der Waals surface area contributed by atoms with E-state index in [-0.39, 0.29) is 0 Å². The molecule has 0 aromatic heterocycles. The first-order valence-electron chi connectivity index (χ1n) is 11.0. The predicted octanol–water partition coefficient (Wildman–Crippen LogP) is 7.77. The Labute approximate surface area is 189 Å². The predicted molar refractivity (Wildman–Crippen MR) is 135 cm³/mol. The smallest absolute Gasteiger partial charge is 0.0494 e. The zero-order chi connectivity index (χ0) is 21.7. The molecule has 0 amide bonds. The van der Waals surface area contributed by atoms with E-state index in [0.717, 1.165) is 35.6 Å². The monoisotopic (exact) mass is 412 g/mol. The van der Waals surface area contributed by atoms with Crippen LogP contribution in [0, 0.1) is 0 Å². The quantitative estimate of drug-likeness (QED) is 0.339. The van der Waals surface area contributed by atoms with Crippen LogP contribution >= 0.6 is 0 Å². The van der Waals surface area contributed by atoms with Crippen LogP contribution in [0.2, 0.25) is 0 Å². The number of hydrogen-bond acceptors (Lipinski definition) is 2. The van der Waals surface area contributed by atoms with Crippen LogP contribution in [0.4, 0.5) is 22.7 Å². The van der Waals surface area contributed by atoms with Crippen LogP contribution in [0.1, 0.15) is 11.1 Å².